The van der Waals surface area contributed by atoms with E-state index in [4.69, 9.17) is 0 Å². The predicted octanol–water partition coefficient (Wildman–Crippen LogP) is 5.19. The summed E-state index contributed by atoms with van der Waals surface area (Å²) in [7, 11) is 4.20. The zero-order valence-corrected chi connectivity index (χ0v) is 17.6. The number of aromatic nitrogens is 1. The van der Waals surface area contributed by atoms with Crippen LogP contribution in [0.5, 0.6) is 0 Å². The fraction of sp³-hybridized carbons (Fsp3) is 0.0500. The minimum Gasteiger partial charge on any atom is -0.519 e. The minimum atomic E-state index is 0.619. The van der Waals surface area contributed by atoms with E-state index in [1.807, 2.05) is 66.7 Å². The van der Waals surface area contributed by atoms with Gasteiger partial charge in [-0.2, -0.15) is 0 Å². The summed E-state index contributed by atoms with van der Waals surface area (Å²) in [5.41, 5.74) is 8.00. The predicted molar refractivity (Wildman–Crippen MR) is 117 cm³/mol. The van der Waals surface area contributed by atoms with Gasteiger partial charge in [-0.3, -0.25) is 4.98 Å². The van der Waals surface area contributed by atoms with Crippen molar-refractivity contribution in [3.05, 3.63) is 107 Å². The van der Waals surface area contributed by atoms with Crippen molar-refractivity contribution in [3.63, 3.8) is 0 Å². The summed E-state index contributed by atoms with van der Waals surface area (Å²) in [6.07, 6.45) is 1.75. The maximum atomic E-state index is 4.45. The average Bonchev–Trinajstić information content (AvgIpc) is 2.76. The Hall–Kier alpha value is -1.69. The summed E-state index contributed by atoms with van der Waals surface area (Å²) < 4.78 is 0.619. The second-order valence-corrected chi connectivity index (χ2v) is 6.88. The largest absolute Gasteiger partial charge is 0.519 e. The van der Waals surface area contributed by atoms with Crippen LogP contribution in [-0.4, -0.2) is 15.0 Å². The molecule has 7 heteroatoms. The van der Waals surface area contributed by atoms with E-state index in [0.717, 1.165) is 22.7 Å². The molecule has 0 saturated heterocycles. The first-order valence-electron chi connectivity index (χ1n) is 7.92. The summed E-state index contributed by atoms with van der Waals surface area (Å²) in [6.45, 7) is 0. The Balaban J connectivity index is 0.00000126. The van der Waals surface area contributed by atoms with Crippen LogP contribution in [0.1, 0.15) is 16.8 Å². The number of benzene rings is 2. The van der Waals surface area contributed by atoms with Gasteiger partial charge in [-0.15, -0.1) is 0 Å². The average molecular weight is 463 g/mol. The number of hydrogen-bond acceptors (Lipinski definition) is 3. The molecule has 0 aliphatic carbocycles. The third-order valence-corrected chi connectivity index (χ3v) is 4.70. The van der Waals surface area contributed by atoms with E-state index in [9.17, 15) is 0 Å². The molecule has 3 nitrogen and oxygen atoms in total. The summed E-state index contributed by atoms with van der Waals surface area (Å²) in [6, 6.07) is 25.9. The number of thioether (sulfide) groups is 1. The van der Waals surface area contributed by atoms with E-state index in [1.54, 1.807) is 18.0 Å². The first-order chi connectivity index (χ1) is 13.3. The Bertz CT molecular complexity index is 805. The number of nitrogens with zero attached hydrogens (tertiary/aromatic N) is 3. The first-order valence-corrected chi connectivity index (χ1v) is 10.7. The van der Waals surface area contributed by atoms with Gasteiger partial charge in [0, 0.05) is 17.5 Å². The maximum absolute atomic E-state index is 4.45. The van der Waals surface area contributed by atoms with Gasteiger partial charge in [0.2, 0.25) is 0 Å². The molecule has 0 spiro atoms. The second-order valence-electron chi connectivity index (χ2n) is 5.19. The van der Waals surface area contributed by atoms with Crippen molar-refractivity contribution in [2.75, 3.05) is 0 Å². The molecule has 3 aromatic rings. The van der Waals surface area contributed by atoms with E-state index < -0.39 is 0 Å². The van der Waals surface area contributed by atoms with E-state index in [1.165, 1.54) is 5.56 Å². The molecule has 0 N–H and O–H groups in total. The smallest absolute Gasteiger partial charge is 0.175 e. The van der Waals surface area contributed by atoms with Gasteiger partial charge in [-0.05, 0) is 17.7 Å². The molecule has 3 rings (SSSR count). The molecule has 0 atom stereocenters. The van der Waals surface area contributed by atoms with E-state index >= 15 is 0 Å². The topological polar surface area (TPSA) is 39.4 Å². The molecule has 0 fully saturated rings. The van der Waals surface area contributed by atoms with Gasteiger partial charge in [0.25, 0.3) is 0 Å². The van der Waals surface area contributed by atoms with E-state index in [2.05, 4.69) is 65.1 Å². The van der Waals surface area contributed by atoms with E-state index in [-0.39, 0.29) is 0 Å². The van der Waals surface area contributed by atoms with Crippen LogP contribution < -0.4 is 0 Å². The Morgan fingerprint density at radius 1 is 0.963 bits per heavy atom. The van der Waals surface area contributed by atoms with Crippen molar-refractivity contribution in [2.45, 2.75) is 5.75 Å². The zero-order chi connectivity index (χ0) is 19.3. The number of hydrogen-bond donors (Lipinski definition) is 0. The molecule has 0 unspecified atom stereocenters. The summed E-state index contributed by atoms with van der Waals surface area (Å²) in [4.78, 5) is 4.40. The molecular formula is C20H17ClCuN3S2. The van der Waals surface area contributed by atoms with Crippen LogP contribution in [0.2, 0.25) is 0 Å². The summed E-state index contributed by atoms with van der Waals surface area (Å²) in [5.74, 6) is 0.808. The van der Waals surface area contributed by atoms with Gasteiger partial charge in [-0.1, -0.05) is 78.5 Å². The zero-order valence-electron chi connectivity index (χ0n) is 14.2. The Kier molecular flexibility index (Phi) is 10.1. The third kappa shape index (κ3) is 7.45. The second kappa shape index (κ2) is 12.7. The standard InChI is InChI=1S/C20H17N3S2.ClH.Cu/c24-20(25-15-16-9-3-1-4-10-16)23-22-19(17-11-5-2-6-12-17)18-13-7-8-14-21-18;;/h1-14H,15H2,(H,21,23,24);1H;/q;;+1/p-1. The monoisotopic (exact) mass is 461 g/mol. The van der Waals surface area contributed by atoms with Crippen molar-refractivity contribution in [2.24, 2.45) is 5.10 Å². The molecule has 142 valence electrons. The molecule has 0 saturated carbocycles. The van der Waals surface area contributed by atoms with Gasteiger partial charge in [-0.25, -0.2) is 0 Å². The molecule has 1 heterocycles. The van der Waals surface area contributed by atoms with Gasteiger partial charge in [0.1, 0.15) is 0 Å². The maximum Gasteiger partial charge on any atom is 0.175 e. The molecule has 0 radical (unpaired) electrons. The Morgan fingerprint density at radius 2 is 1.59 bits per heavy atom. The van der Waals surface area contributed by atoms with Crippen LogP contribution in [0.15, 0.2) is 90.2 Å². The quantitative estimate of drug-likeness (QED) is 0.131. The van der Waals surface area contributed by atoms with Crippen molar-refractivity contribution < 1.29 is 15.1 Å². The number of rotatable bonds is 5. The molecule has 0 aliphatic heterocycles. The molecule has 1 aromatic heterocycles. The van der Waals surface area contributed by atoms with Crippen LogP contribution in [-0.2, 0) is 33.1 Å². The number of thiol groups is 1. The number of halogens is 1. The molecule has 27 heavy (non-hydrogen) atoms. The fourth-order valence-electron chi connectivity index (χ4n) is 2.20. The number of pyridine rings is 1. The summed E-state index contributed by atoms with van der Waals surface area (Å²) in [5, 5.41) is 4.42. The van der Waals surface area contributed by atoms with E-state index in [0.29, 0.717) is 4.32 Å². The van der Waals surface area contributed by atoms with Crippen LogP contribution in [0.25, 0.3) is 5.43 Å². The molecular weight excluding hydrogens is 445 g/mol. The Morgan fingerprint density at radius 3 is 2.22 bits per heavy atom. The molecule has 0 aliphatic rings. The van der Waals surface area contributed by atoms with Gasteiger partial charge in [0.15, 0.2) is 16.5 Å². The Labute approximate surface area is 181 Å². The van der Waals surface area contributed by atoms with Gasteiger partial charge < -0.3 is 10.5 Å². The van der Waals surface area contributed by atoms with Crippen molar-refractivity contribution in [3.8, 4) is 0 Å². The van der Waals surface area contributed by atoms with Crippen molar-refractivity contribution >= 4 is 44.1 Å². The van der Waals surface area contributed by atoms with Gasteiger partial charge >= 0.3 is 25.2 Å². The van der Waals surface area contributed by atoms with Crippen LogP contribution >= 0.6 is 21.9 Å². The molecule has 0 bridgehead atoms. The third-order valence-electron chi connectivity index (χ3n) is 3.40. The van der Waals surface area contributed by atoms with Crippen molar-refractivity contribution in [1.29, 1.82) is 0 Å². The molecule has 0 amide bonds. The first kappa shape index (κ1) is 21.6. The van der Waals surface area contributed by atoms with Crippen LogP contribution in [0.3, 0.4) is 0 Å². The van der Waals surface area contributed by atoms with Crippen LogP contribution in [0, 0.1) is 0 Å². The van der Waals surface area contributed by atoms with Gasteiger partial charge in [0.05, 0.1) is 11.4 Å². The van der Waals surface area contributed by atoms with Crippen LogP contribution in [0.4, 0.5) is 0 Å². The van der Waals surface area contributed by atoms with Crippen molar-refractivity contribution in [1.82, 2.24) is 4.98 Å². The summed E-state index contributed by atoms with van der Waals surface area (Å²) >= 11 is 9.65. The minimum absolute atomic E-state index is 0.619. The normalized spacial score (nSPS) is 10.6. The molecule has 2 aromatic carbocycles. The fourth-order valence-corrected chi connectivity index (χ4v) is 3.02. The SMILES string of the molecule is [Cl][Cu].[SH+]=C([N-]N=C(c1ccccc1)c1ccccn1)SCc1ccccc1.